The second-order valence-corrected chi connectivity index (χ2v) is 9.16. The molecule has 1 aromatic heterocycles. The van der Waals surface area contributed by atoms with Crippen molar-refractivity contribution < 1.29 is 9.59 Å². The Balaban J connectivity index is 1.66. The highest BCUT2D eigenvalue weighted by Gasteiger charge is 2.42. The fourth-order valence-corrected chi connectivity index (χ4v) is 5.57. The fraction of sp³-hybridized carbons (Fsp3) is 0.550. The van der Waals surface area contributed by atoms with Gasteiger partial charge in [0.1, 0.15) is 5.54 Å². The van der Waals surface area contributed by atoms with Gasteiger partial charge in [0, 0.05) is 13.1 Å². The maximum absolute atomic E-state index is 13.1. The van der Waals surface area contributed by atoms with Gasteiger partial charge in [0.25, 0.3) is 0 Å². The van der Waals surface area contributed by atoms with E-state index in [0.717, 1.165) is 46.7 Å². The second-order valence-electron chi connectivity index (χ2n) is 6.90. The minimum absolute atomic E-state index is 0.0746. The van der Waals surface area contributed by atoms with Crippen LogP contribution in [-0.4, -0.2) is 46.1 Å². The van der Waals surface area contributed by atoms with Crippen LogP contribution >= 0.6 is 23.1 Å². The molecule has 0 bridgehead atoms. The lowest BCUT2D eigenvalue weighted by Gasteiger charge is -2.40. The number of nitrogens with one attached hydrogen (secondary N) is 1. The number of likely N-dealkylation sites (N-methyl/N-ethyl adjacent to an activating group) is 1. The Morgan fingerprint density at radius 2 is 1.89 bits per heavy atom. The summed E-state index contributed by atoms with van der Waals surface area (Å²) in [5, 5.41) is 3.11. The van der Waals surface area contributed by atoms with Gasteiger partial charge in [0.15, 0.2) is 4.34 Å². The van der Waals surface area contributed by atoms with Crippen LogP contribution in [0.5, 0.6) is 0 Å². The van der Waals surface area contributed by atoms with Crippen LogP contribution in [0.1, 0.15) is 46.0 Å². The summed E-state index contributed by atoms with van der Waals surface area (Å²) in [5.41, 5.74) is 0.237. The number of benzene rings is 1. The number of nitrogens with zero attached hydrogens (tertiary/aromatic N) is 2. The number of para-hydroxylation sites is 1. The zero-order valence-corrected chi connectivity index (χ0v) is 17.6. The molecular weight excluding hydrogens is 378 g/mol. The van der Waals surface area contributed by atoms with Gasteiger partial charge in [-0.15, -0.1) is 11.3 Å². The van der Waals surface area contributed by atoms with Crippen LogP contribution < -0.4 is 5.32 Å². The normalized spacial score (nSPS) is 16.2. The number of thioether (sulfide) groups is 1. The van der Waals surface area contributed by atoms with E-state index in [9.17, 15) is 9.59 Å². The second kappa shape index (κ2) is 9.06. The highest BCUT2D eigenvalue weighted by atomic mass is 32.2. The van der Waals surface area contributed by atoms with Crippen LogP contribution in [0.2, 0.25) is 0 Å². The van der Waals surface area contributed by atoms with Crippen molar-refractivity contribution in [3.63, 3.8) is 0 Å². The molecule has 0 saturated heterocycles. The number of fused-ring (bicyclic) bond motifs is 1. The zero-order valence-electron chi connectivity index (χ0n) is 16.0. The molecule has 1 heterocycles. The van der Waals surface area contributed by atoms with Gasteiger partial charge in [-0.05, 0) is 38.8 Å². The predicted octanol–water partition coefficient (Wildman–Crippen LogP) is 4.08. The Morgan fingerprint density at radius 1 is 1.19 bits per heavy atom. The summed E-state index contributed by atoms with van der Waals surface area (Å²) in [6.45, 7) is 5.33. The van der Waals surface area contributed by atoms with E-state index in [1.807, 2.05) is 43.0 Å². The van der Waals surface area contributed by atoms with Crippen LogP contribution in [0.4, 0.5) is 0 Å². The quantitative estimate of drug-likeness (QED) is 0.705. The van der Waals surface area contributed by atoms with E-state index in [1.165, 1.54) is 11.8 Å². The molecule has 2 aromatic rings. The van der Waals surface area contributed by atoms with Crippen molar-refractivity contribution in [2.45, 2.75) is 55.8 Å². The molecule has 1 N–H and O–H groups in total. The third-order valence-electron chi connectivity index (χ3n) is 5.15. The van der Waals surface area contributed by atoms with E-state index in [-0.39, 0.29) is 17.6 Å². The minimum atomic E-state index is -0.727. The molecular formula is C20H27N3O2S2. The molecule has 3 rings (SSSR count). The number of aromatic nitrogens is 1. The minimum Gasteiger partial charge on any atom is -0.341 e. The summed E-state index contributed by atoms with van der Waals surface area (Å²) in [4.78, 5) is 32.2. The van der Waals surface area contributed by atoms with Gasteiger partial charge in [-0.25, -0.2) is 4.98 Å². The van der Waals surface area contributed by atoms with E-state index in [2.05, 4.69) is 10.3 Å². The lowest BCUT2D eigenvalue weighted by molar-refractivity contribution is -0.142. The number of carbonyl (C=O) groups excluding carboxylic acids is 2. The molecule has 5 nitrogen and oxygen atoms in total. The molecule has 1 fully saturated rings. The SMILES string of the molecule is CCN(CC)C(=O)C1(NC(=O)CSc2nc3ccccc3s2)CCCCC1. The molecule has 1 saturated carbocycles. The van der Waals surface area contributed by atoms with Gasteiger partial charge in [0.05, 0.1) is 16.0 Å². The number of hydrogen-bond donors (Lipinski definition) is 1. The first-order valence-corrected chi connectivity index (χ1v) is 11.5. The highest BCUT2D eigenvalue weighted by Crippen LogP contribution is 2.32. The molecule has 1 aliphatic carbocycles. The first-order chi connectivity index (χ1) is 13.1. The number of thiazole rings is 1. The molecule has 7 heteroatoms. The molecule has 146 valence electrons. The first kappa shape index (κ1) is 20.1. The number of rotatable bonds is 7. The average Bonchev–Trinajstić information content (AvgIpc) is 3.11. The van der Waals surface area contributed by atoms with Crippen LogP contribution in [0.25, 0.3) is 10.2 Å². The van der Waals surface area contributed by atoms with Crippen LogP contribution in [0.3, 0.4) is 0 Å². The summed E-state index contributed by atoms with van der Waals surface area (Å²) >= 11 is 3.04. The van der Waals surface area contributed by atoms with Gasteiger partial charge in [-0.2, -0.15) is 0 Å². The van der Waals surface area contributed by atoms with Crippen molar-refractivity contribution in [3.8, 4) is 0 Å². The number of hydrogen-bond acceptors (Lipinski definition) is 5. The summed E-state index contributed by atoms with van der Waals surface area (Å²) in [5.74, 6) is 0.278. The molecule has 0 radical (unpaired) electrons. The van der Waals surface area contributed by atoms with Crippen LogP contribution in [0, 0.1) is 0 Å². The fourth-order valence-electron chi connectivity index (χ4n) is 3.70. The standard InChI is InChI=1S/C20H27N3O2S2/c1-3-23(4-2)18(25)20(12-8-5-9-13-20)22-17(24)14-26-19-21-15-10-6-7-11-16(15)27-19/h6-7,10-11H,3-5,8-9,12-14H2,1-2H3,(H,22,24). The first-order valence-electron chi connectivity index (χ1n) is 9.66. The third kappa shape index (κ3) is 4.63. The monoisotopic (exact) mass is 405 g/mol. The van der Waals surface area contributed by atoms with Crippen LogP contribution in [-0.2, 0) is 9.59 Å². The van der Waals surface area contributed by atoms with Crippen molar-refractivity contribution in [3.05, 3.63) is 24.3 Å². The van der Waals surface area contributed by atoms with Gasteiger partial charge < -0.3 is 10.2 Å². The summed E-state index contributed by atoms with van der Waals surface area (Å²) in [7, 11) is 0. The Labute approximate surface area is 168 Å². The van der Waals surface area contributed by atoms with Crippen molar-refractivity contribution in [2.24, 2.45) is 0 Å². The van der Waals surface area contributed by atoms with E-state index < -0.39 is 5.54 Å². The van der Waals surface area contributed by atoms with Gasteiger partial charge >= 0.3 is 0 Å². The Bertz CT molecular complexity index is 762. The highest BCUT2D eigenvalue weighted by molar-refractivity contribution is 8.01. The maximum Gasteiger partial charge on any atom is 0.248 e. The van der Waals surface area contributed by atoms with Crippen molar-refractivity contribution in [1.29, 1.82) is 0 Å². The molecule has 0 unspecified atom stereocenters. The number of amides is 2. The lowest BCUT2D eigenvalue weighted by atomic mass is 9.80. The summed E-state index contributed by atoms with van der Waals surface area (Å²) in [6, 6.07) is 7.98. The largest absolute Gasteiger partial charge is 0.341 e. The third-order valence-corrected chi connectivity index (χ3v) is 7.33. The van der Waals surface area contributed by atoms with E-state index in [0.29, 0.717) is 13.1 Å². The summed E-state index contributed by atoms with van der Waals surface area (Å²) in [6.07, 6.45) is 4.57. The molecule has 27 heavy (non-hydrogen) atoms. The lowest BCUT2D eigenvalue weighted by Crippen LogP contribution is -2.60. The van der Waals surface area contributed by atoms with E-state index in [4.69, 9.17) is 0 Å². The Kier molecular flexibility index (Phi) is 6.76. The molecule has 1 aromatic carbocycles. The number of carbonyl (C=O) groups is 2. The van der Waals surface area contributed by atoms with Gasteiger partial charge in [-0.3, -0.25) is 9.59 Å². The maximum atomic E-state index is 13.1. The molecule has 0 aliphatic heterocycles. The topological polar surface area (TPSA) is 62.3 Å². The van der Waals surface area contributed by atoms with Gasteiger partial charge in [0.2, 0.25) is 11.8 Å². The van der Waals surface area contributed by atoms with Gasteiger partial charge in [-0.1, -0.05) is 43.2 Å². The predicted molar refractivity (Wildman–Crippen MR) is 112 cm³/mol. The molecule has 2 amide bonds. The van der Waals surface area contributed by atoms with Crippen molar-refractivity contribution in [2.75, 3.05) is 18.8 Å². The van der Waals surface area contributed by atoms with Crippen molar-refractivity contribution in [1.82, 2.24) is 15.2 Å². The van der Waals surface area contributed by atoms with E-state index in [1.54, 1.807) is 11.3 Å². The molecule has 0 spiro atoms. The smallest absolute Gasteiger partial charge is 0.248 e. The zero-order chi connectivity index (χ0) is 19.3. The molecule has 1 aliphatic rings. The van der Waals surface area contributed by atoms with Crippen molar-refractivity contribution >= 4 is 45.1 Å². The van der Waals surface area contributed by atoms with Crippen LogP contribution in [0.15, 0.2) is 28.6 Å². The molecule has 0 atom stereocenters. The summed E-state index contributed by atoms with van der Waals surface area (Å²) < 4.78 is 2.01. The Morgan fingerprint density at radius 3 is 2.56 bits per heavy atom. The average molecular weight is 406 g/mol. The Hall–Kier alpha value is -1.60. The van der Waals surface area contributed by atoms with E-state index >= 15 is 0 Å².